The van der Waals surface area contributed by atoms with E-state index in [1.807, 2.05) is 0 Å². The number of carbonyl (C=O) groups excluding carboxylic acids is 2. The second-order valence-corrected chi connectivity index (χ2v) is 6.13. The van der Waals surface area contributed by atoms with Crippen molar-refractivity contribution >= 4 is 11.9 Å². The highest BCUT2D eigenvalue weighted by Crippen LogP contribution is 2.27. The Hall–Kier alpha value is -3.09. The SMILES string of the molecule is COc1ccc(CNC(=O)[C@@H](C)OC(=O)CCc2ccccc2F)cc1OC. The third-order valence-electron chi connectivity index (χ3n) is 4.15. The first-order chi connectivity index (χ1) is 13.4. The van der Waals surface area contributed by atoms with Crippen molar-refractivity contribution in [3.63, 3.8) is 0 Å². The summed E-state index contributed by atoms with van der Waals surface area (Å²) in [6.45, 7) is 1.74. The van der Waals surface area contributed by atoms with Crippen LogP contribution in [0.25, 0.3) is 0 Å². The molecule has 6 nitrogen and oxygen atoms in total. The second kappa shape index (κ2) is 10.3. The molecule has 150 valence electrons. The molecule has 2 aromatic carbocycles. The van der Waals surface area contributed by atoms with Crippen molar-refractivity contribution in [3.8, 4) is 11.5 Å². The van der Waals surface area contributed by atoms with Crippen molar-refractivity contribution in [3.05, 3.63) is 59.4 Å². The molecule has 2 aromatic rings. The molecule has 0 aliphatic rings. The van der Waals surface area contributed by atoms with Gasteiger partial charge in [-0.05, 0) is 42.7 Å². The molecular weight excluding hydrogens is 365 g/mol. The first kappa shape index (κ1) is 21.2. The zero-order chi connectivity index (χ0) is 20.5. The van der Waals surface area contributed by atoms with Crippen LogP contribution in [0.5, 0.6) is 11.5 Å². The number of nitrogens with one attached hydrogen (secondary N) is 1. The predicted octanol–water partition coefficient (Wildman–Crippen LogP) is 3.02. The smallest absolute Gasteiger partial charge is 0.306 e. The van der Waals surface area contributed by atoms with Crippen LogP contribution in [0.15, 0.2) is 42.5 Å². The average Bonchev–Trinajstić information content (AvgIpc) is 2.71. The van der Waals surface area contributed by atoms with Crippen LogP contribution in [0, 0.1) is 5.82 Å². The standard InChI is InChI=1S/C21H24FNO5/c1-14(28-20(24)11-9-16-6-4-5-7-17(16)22)21(25)23-13-15-8-10-18(26-2)19(12-15)27-3/h4-8,10,12,14H,9,11,13H2,1-3H3,(H,23,25)/t14-/m1/s1. The Morgan fingerprint density at radius 1 is 1.07 bits per heavy atom. The molecule has 0 spiro atoms. The fourth-order valence-corrected chi connectivity index (χ4v) is 2.57. The van der Waals surface area contributed by atoms with Crippen LogP contribution in [0.1, 0.15) is 24.5 Å². The number of methoxy groups -OCH3 is 2. The highest BCUT2D eigenvalue weighted by Gasteiger charge is 2.18. The second-order valence-electron chi connectivity index (χ2n) is 6.13. The van der Waals surface area contributed by atoms with E-state index >= 15 is 0 Å². The minimum absolute atomic E-state index is 0.00572. The van der Waals surface area contributed by atoms with E-state index in [-0.39, 0.29) is 25.2 Å². The summed E-state index contributed by atoms with van der Waals surface area (Å²) < 4.78 is 29.1. The van der Waals surface area contributed by atoms with Crippen LogP contribution in [0.2, 0.25) is 0 Å². The van der Waals surface area contributed by atoms with E-state index < -0.39 is 18.0 Å². The lowest BCUT2D eigenvalue weighted by Gasteiger charge is -2.14. The normalized spacial score (nSPS) is 11.4. The lowest BCUT2D eigenvalue weighted by molar-refractivity contribution is -0.154. The maximum absolute atomic E-state index is 13.6. The van der Waals surface area contributed by atoms with Gasteiger partial charge in [-0.25, -0.2) is 4.39 Å². The summed E-state index contributed by atoms with van der Waals surface area (Å²) in [7, 11) is 3.07. The van der Waals surface area contributed by atoms with Gasteiger partial charge < -0.3 is 19.5 Å². The van der Waals surface area contributed by atoms with Crippen molar-refractivity contribution < 1.29 is 28.2 Å². The van der Waals surface area contributed by atoms with E-state index in [2.05, 4.69) is 5.32 Å². The Labute approximate surface area is 163 Å². The molecule has 0 unspecified atom stereocenters. The van der Waals surface area contributed by atoms with Crippen LogP contribution in [-0.4, -0.2) is 32.2 Å². The molecule has 0 heterocycles. The molecular formula is C21H24FNO5. The number of rotatable bonds is 9. The monoisotopic (exact) mass is 389 g/mol. The minimum Gasteiger partial charge on any atom is -0.493 e. The Morgan fingerprint density at radius 3 is 2.46 bits per heavy atom. The largest absolute Gasteiger partial charge is 0.493 e. The maximum Gasteiger partial charge on any atom is 0.306 e. The molecule has 1 atom stereocenters. The lowest BCUT2D eigenvalue weighted by Crippen LogP contribution is -2.35. The molecule has 1 N–H and O–H groups in total. The number of benzene rings is 2. The fourth-order valence-electron chi connectivity index (χ4n) is 2.57. The highest BCUT2D eigenvalue weighted by atomic mass is 19.1. The van der Waals surface area contributed by atoms with Gasteiger partial charge in [0.25, 0.3) is 5.91 Å². The van der Waals surface area contributed by atoms with E-state index in [0.29, 0.717) is 17.1 Å². The van der Waals surface area contributed by atoms with Gasteiger partial charge in [0, 0.05) is 13.0 Å². The molecule has 28 heavy (non-hydrogen) atoms. The molecule has 0 radical (unpaired) electrons. The summed E-state index contributed by atoms with van der Waals surface area (Å²) in [5.74, 6) is -0.196. The van der Waals surface area contributed by atoms with Crippen molar-refractivity contribution in [2.75, 3.05) is 14.2 Å². The third kappa shape index (κ3) is 5.97. The summed E-state index contributed by atoms with van der Waals surface area (Å²) in [5, 5.41) is 2.70. The summed E-state index contributed by atoms with van der Waals surface area (Å²) in [4.78, 5) is 24.1. The van der Waals surface area contributed by atoms with E-state index in [1.54, 1.807) is 43.5 Å². The summed E-state index contributed by atoms with van der Waals surface area (Å²) in [6.07, 6.45) is -0.743. The zero-order valence-corrected chi connectivity index (χ0v) is 16.2. The van der Waals surface area contributed by atoms with Crippen molar-refractivity contribution in [2.45, 2.75) is 32.4 Å². The molecule has 0 saturated carbocycles. The van der Waals surface area contributed by atoms with Gasteiger partial charge in [-0.2, -0.15) is 0 Å². The lowest BCUT2D eigenvalue weighted by atomic mass is 10.1. The first-order valence-corrected chi connectivity index (χ1v) is 8.86. The van der Waals surface area contributed by atoms with E-state index in [4.69, 9.17) is 14.2 Å². The van der Waals surface area contributed by atoms with Crippen LogP contribution in [-0.2, 0) is 27.3 Å². The number of amides is 1. The van der Waals surface area contributed by atoms with Gasteiger partial charge in [0.1, 0.15) is 5.82 Å². The van der Waals surface area contributed by atoms with Crippen molar-refractivity contribution in [2.24, 2.45) is 0 Å². The van der Waals surface area contributed by atoms with Crippen LogP contribution < -0.4 is 14.8 Å². The first-order valence-electron chi connectivity index (χ1n) is 8.86. The van der Waals surface area contributed by atoms with E-state index in [9.17, 15) is 14.0 Å². The Balaban J connectivity index is 1.80. The van der Waals surface area contributed by atoms with E-state index in [1.165, 1.54) is 20.1 Å². The van der Waals surface area contributed by atoms with Crippen LogP contribution >= 0.6 is 0 Å². The highest BCUT2D eigenvalue weighted by molar-refractivity contribution is 5.83. The molecule has 1 amide bonds. The number of hydrogen-bond donors (Lipinski definition) is 1. The van der Waals surface area contributed by atoms with Crippen LogP contribution in [0.3, 0.4) is 0 Å². The van der Waals surface area contributed by atoms with Gasteiger partial charge >= 0.3 is 5.97 Å². The molecule has 0 aliphatic carbocycles. The van der Waals surface area contributed by atoms with Crippen molar-refractivity contribution in [1.29, 1.82) is 0 Å². The number of ether oxygens (including phenoxy) is 3. The topological polar surface area (TPSA) is 73.9 Å². The minimum atomic E-state index is -0.951. The number of esters is 1. The zero-order valence-electron chi connectivity index (χ0n) is 16.2. The number of hydrogen-bond acceptors (Lipinski definition) is 5. The third-order valence-corrected chi connectivity index (χ3v) is 4.15. The average molecular weight is 389 g/mol. The summed E-state index contributed by atoms with van der Waals surface area (Å²) in [5.41, 5.74) is 1.24. The number of aryl methyl sites for hydroxylation is 1. The van der Waals surface area contributed by atoms with Gasteiger partial charge in [0.15, 0.2) is 17.6 Å². The molecule has 0 fully saturated rings. The molecule has 0 aromatic heterocycles. The van der Waals surface area contributed by atoms with Gasteiger partial charge in [0.2, 0.25) is 0 Å². The van der Waals surface area contributed by atoms with Gasteiger partial charge in [0.05, 0.1) is 14.2 Å². The Bertz CT molecular complexity index is 824. The molecule has 0 saturated heterocycles. The maximum atomic E-state index is 13.6. The van der Waals surface area contributed by atoms with Gasteiger partial charge in [-0.3, -0.25) is 9.59 Å². The number of carbonyl (C=O) groups is 2. The predicted molar refractivity (Wildman–Crippen MR) is 102 cm³/mol. The van der Waals surface area contributed by atoms with Crippen LogP contribution in [0.4, 0.5) is 4.39 Å². The Morgan fingerprint density at radius 2 is 1.79 bits per heavy atom. The molecule has 0 aliphatic heterocycles. The van der Waals surface area contributed by atoms with Gasteiger partial charge in [-0.1, -0.05) is 24.3 Å². The Kier molecular flexibility index (Phi) is 7.80. The quantitative estimate of drug-likeness (QED) is 0.668. The summed E-state index contributed by atoms with van der Waals surface area (Å²) >= 11 is 0. The molecule has 7 heteroatoms. The molecule has 2 rings (SSSR count). The van der Waals surface area contributed by atoms with E-state index in [0.717, 1.165) is 5.56 Å². The van der Waals surface area contributed by atoms with Gasteiger partial charge in [-0.15, -0.1) is 0 Å². The fraction of sp³-hybridized carbons (Fsp3) is 0.333. The molecule has 0 bridgehead atoms. The van der Waals surface area contributed by atoms with Crippen molar-refractivity contribution in [1.82, 2.24) is 5.32 Å². The number of halogens is 1. The summed E-state index contributed by atoms with van der Waals surface area (Å²) in [6, 6.07) is 11.5.